The molecule has 0 radical (unpaired) electrons. The van der Waals surface area contributed by atoms with Crippen molar-refractivity contribution in [3.8, 4) is 0 Å². The Labute approximate surface area is 120 Å². The molecule has 116 valence electrons. The molecule has 0 spiro atoms. The predicted octanol–water partition coefficient (Wildman–Crippen LogP) is 2.94. The standard InChI is InChI=1S/C14H17F3N2O2/c1-9-6-7-19(8-12(9)20)13(21)18-11-4-2-10(3-5-11)14(15,16)17/h2-5,9,12,20H,6-8H2,1H3,(H,18,21). The number of piperidine rings is 1. The van der Waals surface area contributed by atoms with Crippen LogP contribution in [0.2, 0.25) is 0 Å². The third-order valence-electron chi connectivity index (χ3n) is 3.67. The van der Waals surface area contributed by atoms with Gasteiger partial charge in [0.05, 0.1) is 11.7 Å². The molecule has 2 unspecified atom stereocenters. The van der Waals surface area contributed by atoms with Crippen molar-refractivity contribution in [1.29, 1.82) is 0 Å². The fraction of sp³-hybridized carbons (Fsp3) is 0.500. The summed E-state index contributed by atoms with van der Waals surface area (Å²) in [5.74, 6) is 0.139. The van der Waals surface area contributed by atoms with Crippen molar-refractivity contribution in [1.82, 2.24) is 4.90 Å². The largest absolute Gasteiger partial charge is 0.416 e. The molecule has 0 saturated carbocycles. The molecular formula is C14H17F3N2O2. The second-order valence-corrected chi connectivity index (χ2v) is 5.28. The van der Waals surface area contributed by atoms with Crippen molar-refractivity contribution in [2.24, 2.45) is 5.92 Å². The zero-order valence-corrected chi connectivity index (χ0v) is 11.5. The zero-order chi connectivity index (χ0) is 15.6. The predicted molar refractivity (Wildman–Crippen MR) is 71.8 cm³/mol. The number of alkyl halides is 3. The summed E-state index contributed by atoms with van der Waals surface area (Å²) >= 11 is 0. The summed E-state index contributed by atoms with van der Waals surface area (Å²) in [5.41, 5.74) is -0.469. The van der Waals surface area contributed by atoms with Crippen molar-refractivity contribution >= 4 is 11.7 Å². The van der Waals surface area contributed by atoms with Crippen molar-refractivity contribution in [2.45, 2.75) is 25.6 Å². The molecule has 2 atom stereocenters. The molecule has 1 aliphatic rings. The fourth-order valence-corrected chi connectivity index (χ4v) is 2.18. The molecule has 0 aliphatic carbocycles. The number of nitrogens with one attached hydrogen (secondary N) is 1. The van der Waals surface area contributed by atoms with Gasteiger partial charge in [0.2, 0.25) is 0 Å². The Morgan fingerprint density at radius 2 is 1.95 bits per heavy atom. The number of amides is 2. The highest BCUT2D eigenvalue weighted by Crippen LogP contribution is 2.29. The maximum Gasteiger partial charge on any atom is 0.416 e. The molecule has 1 fully saturated rings. The first-order chi connectivity index (χ1) is 9.77. The number of aliphatic hydroxyl groups is 1. The van der Waals surface area contributed by atoms with E-state index in [4.69, 9.17) is 0 Å². The molecule has 21 heavy (non-hydrogen) atoms. The lowest BCUT2D eigenvalue weighted by Gasteiger charge is -2.34. The summed E-state index contributed by atoms with van der Waals surface area (Å²) in [6, 6.07) is 3.85. The topological polar surface area (TPSA) is 52.6 Å². The number of urea groups is 1. The summed E-state index contributed by atoms with van der Waals surface area (Å²) in [6.45, 7) is 2.66. The van der Waals surface area contributed by atoms with E-state index in [2.05, 4.69) is 5.32 Å². The van der Waals surface area contributed by atoms with E-state index in [1.54, 1.807) is 0 Å². The number of nitrogens with zero attached hydrogens (tertiary/aromatic N) is 1. The van der Waals surface area contributed by atoms with Gasteiger partial charge < -0.3 is 15.3 Å². The zero-order valence-electron chi connectivity index (χ0n) is 11.5. The molecule has 2 amide bonds. The molecule has 7 heteroatoms. The number of hydrogen-bond acceptors (Lipinski definition) is 2. The van der Waals surface area contributed by atoms with Crippen molar-refractivity contribution < 1.29 is 23.1 Å². The first kappa shape index (κ1) is 15.6. The van der Waals surface area contributed by atoms with Gasteiger partial charge in [0.25, 0.3) is 0 Å². The van der Waals surface area contributed by atoms with E-state index in [1.807, 2.05) is 6.92 Å². The molecular weight excluding hydrogens is 285 g/mol. The molecule has 4 nitrogen and oxygen atoms in total. The van der Waals surface area contributed by atoms with E-state index >= 15 is 0 Å². The lowest BCUT2D eigenvalue weighted by atomic mass is 9.96. The highest BCUT2D eigenvalue weighted by molar-refractivity contribution is 5.89. The molecule has 1 aliphatic heterocycles. The van der Waals surface area contributed by atoms with Crippen LogP contribution in [-0.2, 0) is 6.18 Å². The monoisotopic (exact) mass is 302 g/mol. The summed E-state index contributed by atoms with van der Waals surface area (Å²) in [4.78, 5) is 13.4. The van der Waals surface area contributed by atoms with Crippen LogP contribution in [0.15, 0.2) is 24.3 Å². The van der Waals surface area contributed by atoms with Gasteiger partial charge >= 0.3 is 12.2 Å². The van der Waals surface area contributed by atoms with E-state index in [9.17, 15) is 23.1 Å². The van der Waals surface area contributed by atoms with Crippen LogP contribution in [0.5, 0.6) is 0 Å². The van der Waals surface area contributed by atoms with Crippen molar-refractivity contribution in [3.63, 3.8) is 0 Å². The number of carbonyl (C=O) groups is 1. The number of β-amino-alcohol motifs (C(OH)–C–C–N with tert-alkyl or cyclic N) is 1. The number of carbonyl (C=O) groups excluding carboxylic acids is 1. The van der Waals surface area contributed by atoms with Crippen LogP contribution in [0.4, 0.5) is 23.7 Å². The number of aliphatic hydroxyl groups excluding tert-OH is 1. The van der Waals surface area contributed by atoms with Gasteiger partial charge in [-0.2, -0.15) is 13.2 Å². The Balaban J connectivity index is 1.97. The first-order valence-electron chi connectivity index (χ1n) is 6.68. The van der Waals surface area contributed by atoms with Crippen LogP contribution >= 0.6 is 0 Å². The van der Waals surface area contributed by atoms with Crippen LogP contribution < -0.4 is 5.32 Å². The number of likely N-dealkylation sites (tertiary alicyclic amines) is 1. The van der Waals surface area contributed by atoms with E-state index < -0.39 is 23.9 Å². The maximum absolute atomic E-state index is 12.4. The Bertz CT molecular complexity index is 502. The molecule has 1 saturated heterocycles. The van der Waals surface area contributed by atoms with Gasteiger partial charge in [0.1, 0.15) is 0 Å². The Hall–Kier alpha value is -1.76. The average Bonchev–Trinajstić information content (AvgIpc) is 2.41. The third-order valence-corrected chi connectivity index (χ3v) is 3.67. The van der Waals surface area contributed by atoms with E-state index in [-0.39, 0.29) is 12.5 Å². The summed E-state index contributed by atoms with van der Waals surface area (Å²) in [7, 11) is 0. The van der Waals surface area contributed by atoms with Gasteiger partial charge in [0, 0.05) is 18.8 Å². The lowest BCUT2D eigenvalue weighted by Crippen LogP contribution is -2.47. The van der Waals surface area contributed by atoms with Crippen molar-refractivity contribution in [2.75, 3.05) is 18.4 Å². The SMILES string of the molecule is CC1CCN(C(=O)Nc2ccc(C(F)(F)F)cc2)CC1O. The summed E-state index contributed by atoms with van der Waals surface area (Å²) in [5, 5.41) is 12.3. The van der Waals surface area contributed by atoms with Crippen LogP contribution in [0, 0.1) is 5.92 Å². The summed E-state index contributed by atoms with van der Waals surface area (Å²) < 4.78 is 37.3. The average molecular weight is 302 g/mol. The smallest absolute Gasteiger partial charge is 0.391 e. The molecule has 2 N–H and O–H groups in total. The van der Waals surface area contributed by atoms with Crippen LogP contribution in [0.1, 0.15) is 18.9 Å². The van der Waals surface area contributed by atoms with Crippen molar-refractivity contribution in [3.05, 3.63) is 29.8 Å². The normalized spacial score (nSPS) is 23.0. The number of benzene rings is 1. The highest BCUT2D eigenvalue weighted by atomic mass is 19.4. The Kier molecular flexibility index (Phi) is 4.41. The van der Waals surface area contributed by atoms with Gasteiger partial charge in [-0.15, -0.1) is 0 Å². The fourth-order valence-electron chi connectivity index (χ4n) is 2.18. The van der Waals surface area contributed by atoms with Crippen LogP contribution in [0.25, 0.3) is 0 Å². The second-order valence-electron chi connectivity index (χ2n) is 5.28. The van der Waals surface area contributed by atoms with E-state index in [0.29, 0.717) is 18.7 Å². The summed E-state index contributed by atoms with van der Waals surface area (Å²) in [6.07, 6.45) is -4.27. The number of halogens is 3. The number of hydrogen-bond donors (Lipinski definition) is 2. The Morgan fingerprint density at radius 1 is 1.33 bits per heavy atom. The first-order valence-corrected chi connectivity index (χ1v) is 6.68. The molecule has 0 bridgehead atoms. The second kappa shape index (κ2) is 5.93. The van der Waals surface area contributed by atoms with Gasteiger partial charge in [-0.3, -0.25) is 0 Å². The molecule has 1 aromatic rings. The van der Waals surface area contributed by atoms with Gasteiger partial charge in [-0.05, 0) is 36.6 Å². The molecule has 2 rings (SSSR count). The third kappa shape index (κ3) is 3.87. The lowest BCUT2D eigenvalue weighted by molar-refractivity contribution is -0.137. The van der Waals surface area contributed by atoms with Crippen LogP contribution in [0.3, 0.4) is 0 Å². The van der Waals surface area contributed by atoms with E-state index in [0.717, 1.165) is 12.1 Å². The van der Waals surface area contributed by atoms with Gasteiger partial charge in [0.15, 0.2) is 0 Å². The van der Waals surface area contributed by atoms with E-state index in [1.165, 1.54) is 17.0 Å². The quantitative estimate of drug-likeness (QED) is 0.838. The molecule has 0 aromatic heterocycles. The maximum atomic E-state index is 12.4. The minimum absolute atomic E-state index is 0.139. The number of rotatable bonds is 1. The molecule has 1 aromatic carbocycles. The number of anilines is 1. The van der Waals surface area contributed by atoms with Crippen LogP contribution in [-0.4, -0.2) is 35.2 Å². The minimum Gasteiger partial charge on any atom is -0.391 e. The van der Waals surface area contributed by atoms with Gasteiger partial charge in [-0.25, -0.2) is 4.79 Å². The minimum atomic E-state index is -4.39. The highest BCUT2D eigenvalue weighted by Gasteiger charge is 2.30. The van der Waals surface area contributed by atoms with Gasteiger partial charge in [-0.1, -0.05) is 6.92 Å². The Morgan fingerprint density at radius 3 is 2.48 bits per heavy atom. The molecule has 1 heterocycles.